The van der Waals surface area contributed by atoms with Crippen LogP contribution in [0.25, 0.3) is 0 Å². The highest BCUT2D eigenvalue weighted by molar-refractivity contribution is 4.95. The Morgan fingerprint density at radius 3 is 2.64 bits per heavy atom. The van der Waals surface area contributed by atoms with Gasteiger partial charge in [0.25, 0.3) is 0 Å². The molecule has 2 aliphatic rings. The summed E-state index contributed by atoms with van der Waals surface area (Å²) in [5.41, 5.74) is 0.276. The van der Waals surface area contributed by atoms with Crippen LogP contribution in [0.2, 0.25) is 0 Å². The Kier molecular flexibility index (Phi) is 1.90. The van der Waals surface area contributed by atoms with Crippen molar-refractivity contribution in [2.24, 2.45) is 5.41 Å². The molecule has 1 aliphatic heterocycles. The van der Waals surface area contributed by atoms with Crippen molar-refractivity contribution in [2.75, 3.05) is 13.1 Å². The van der Waals surface area contributed by atoms with Gasteiger partial charge in [0.1, 0.15) is 0 Å². The van der Waals surface area contributed by atoms with E-state index in [-0.39, 0.29) is 11.5 Å². The maximum Gasteiger partial charge on any atom is 0.0608 e. The van der Waals surface area contributed by atoms with Gasteiger partial charge < -0.3 is 10.4 Å². The van der Waals surface area contributed by atoms with Crippen molar-refractivity contribution in [1.29, 1.82) is 0 Å². The van der Waals surface area contributed by atoms with E-state index in [0.29, 0.717) is 0 Å². The van der Waals surface area contributed by atoms with E-state index in [2.05, 4.69) is 5.32 Å². The van der Waals surface area contributed by atoms with Gasteiger partial charge in [0, 0.05) is 12.0 Å². The van der Waals surface area contributed by atoms with Crippen LogP contribution in [0.5, 0.6) is 0 Å². The minimum absolute atomic E-state index is 0.0182. The third-order valence-corrected chi connectivity index (χ3v) is 3.36. The van der Waals surface area contributed by atoms with Gasteiger partial charge in [-0.2, -0.15) is 0 Å². The summed E-state index contributed by atoms with van der Waals surface area (Å²) in [5, 5.41) is 13.2. The van der Waals surface area contributed by atoms with E-state index in [1.165, 1.54) is 25.7 Å². The molecule has 64 valence electrons. The SMILES string of the molecule is O[C@@H]1CCC[C@]12CCCNC2. The highest BCUT2D eigenvalue weighted by Crippen LogP contribution is 2.42. The van der Waals surface area contributed by atoms with Crippen molar-refractivity contribution >= 4 is 0 Å². The molecule has 1 heterocycles. The van der Waals surface area contributed by atoms with Crippen molar-refractivity contribution in [1.82, 2.24) is 5.32 Å². The monoisotopic (exact) mass is 155 g/mol. The first-order valence-electron chi connectivity index (χ1n) is 4.72. The number of aliphatic hydroxyl groups excluding tert-OH is 1. The lowest BCUT2D eigenvalue weighted by Crippen LogP contribution is -2.44. The lowest BCUT2D eigenvalue weighted by atomic mass is 9.77. The third-order valence-electron chi connectivity index (χ3n) is 3.36. The number of aliphatic hydroxyl groups is 1. The Hall–Kier alpha value is -0.0800. The van der Waals surface area contributed by atoms with E-state index < -0.39 is 0 Å². The molecule has 0 bridgehead atoms. The fourth-order valence-corrected chi connectivity index (χ4v) is 2.61. The lowest BCUT2D eigenvalue weighted by molar-refractivity contribution is 0.0335. The average Bonchev–Trinajstić information content (AvgIpc) is 2.36. The van der Waals surface area contributed by atoms with Crippen LogP contribution in [0.15, 0.2) is 0 Å². The molecule has 1 spiro atoms. The topological polar surface area (TPSA) is 32.3 Å². The Morgan fingerprint density at radius 1 is 1.27 bits per heavy atom. The Bertz CT molecular complexity index is 140. The maximum atomic E-state index is 9.76. The predicted octanol–water partition coefficient (Wildman–Crippen LogP) is 0.901. The van der Waals surface area contributed by atoms with Gasteiger partial charge in [-0.25, -0.2) is 0 Å². The molecule has 0 unspecified atom stereocenters. The molecular formula is C9H17NO. The Morgan fingerprint density at radius 2 is 2.09 bits per heavy atom. The summed E-state index contributed by atoms with van der Waals surface area (Å²) in [7, 11) is 0. The van der Waals surface area contributed by atoms with Crippen molar-refractivity contribution in [3.8, 4) is 0 Å². The normalized spacial score (nSPS) is 45.0. The maximum absolute atomic E-state index is 9.76. The minimum Gasteiger partial charge on any atom is -0.393 e. The number of hydrogen-bond donors (Lipinski definition) is 2. The van der Waals surface area contributed by atoms with E-state index in [4.69, 9.17) is 0 Å². The van der Waals surface area contributed by atoms with Crippen molar-refractivity contribution in [2.45, 2.75) is 38.2 Å². The number of hydrogen-bond acceptors (Lipinski definition) is 2. The molecule has 0 radical (unpaired) electrons. The molecule has 2 N–H and O–H groups in total. The van der Waals surface area contributed by atoms with E-state index in [1.54, 1.807) is 0 Å². The summed E-state index contributed by atoms with van der Waals surface area (Å²) in [6, 6.07) is 0. The third kappa shape index (κ3) is 1.18. The second-order valence-corrected chi connectivity index (χ2v) is 4.05. The highest BCUT2D eigenvalue weighted by atomic mass is 16.3. The van der Waals surface area contributed by atoms with Crippen molar-refractivity contribution in [3.63, 3.8) is 0 Å². The molecule has 0 aromatic carbocycles. The van der Waals surface area contributed by atoms with Crippen LogP contribution in [0.1, 0.15) is 32.1 Å². The molecule has 2 atom stereocenters. The zero-order chi connectivity index (χ0) is 7.73. The lowest BCUT2D eigenvalue weighted by Gasteiger charge is -2.36. The van der Waals surface area contributed by atoms with Gasteiger partial charge in [-0.1, -0.05) is 6.42 Å². The van der Waals surface area contributed by atoms with E-state index in [9.17, 15) is 5.11 Å². The first-order valence-corrected chi connectivity index (χ1v) is 4.72. The zero-order valence-electron chi connectivity index (χ0n) is 6.97. The molecule has 0 amide bonds. The first kappa shape index (κ1) is 7.56. The zero-order valence-corrected chi connectivity index (χ0v) is 6.97. The smallest absolute Gasteiger partial charge is 0.0608 e. The van der Waals surface area contributed by atoms with Gasteiger partial charge in [-0.3, -0.25) is 0 Å². The Balaban J connectivity index is 2.06. The Labute approximate surface area is 68.0 Å². The minimum atomic E-state index is -0.0182. The van der Waals surface area contributed by atoms with E-state index >= 15 is 0 Å². The summed E-state index contributed by atoms with van der Waals surface area (Å²) >= 11 is 0. The fourth-order valence-electron chi connectivity index (χ4n) is 2.61. The number of piperidine rings is 1. The molecular weight excluding hydrogens is 138 g/mol. The molecule has 1 aliphatic carbocycles. The quantitative estimate of drug-likeness (QED) is 0.545. The fraction of sp³-hybridized carbons (Fsp3) is 1.00. The van der Waals surface area contributed by atoms with Gasteiger partial charge in [0.05, 0.1) is 6.10 Å². The molecule has 2 heteroatoms. The molecule has 0 aromatic heterocycles. The largest absolute Gasteiger partial charge is 0.393 e. The summed E-state index contributed by atoms with van der Waals surface area (Å²) in [6.45, 7) is 2.20. The molecule has 0 aromatic rings. The number of nitrogens with one attached hydrogen (secondary N) is 1. The highest BCUT2D eigenvalue weighted by Gasteiger charge is 2.42. The van der Waals surface area contributed by atoms with Crippen LogP contribution < -0.4 is 5.32 Å². The van der Waals surface area contributed by atoms with Gasteiger partial charge in [-0.15, -0.1) is 0 Å². The van der Waals surface area contributed by atoms with Gasteiger partial charge in [-0.05, 0) is 32.2 Å². The van der Waals surface area contributed by atoms with E-state index in [0.717, 1.165) is 19.5 Å². The summed E-state index contributed by atoms with van der Waals surface area (Å²) < 4.78 is 0. The van der Waals surface area contributed by atoms with Crippen LogP contribution in [0.3, 0.4) is 0 Å². The van der Waals surface area contributed by atoms with Crippen LogP contribution in [0, 0.1) is 5.41 Å². The van der Waals surface area contributed by atoms with E-state index in [1.807, 2.05) is 0 Å². The van der Waals surface area contributed by atoms with Crippen molar-refractivity contribution < 1.29 is 5.11 Å². The van der Waals surface area contributed by atoms with Gasteiger partial charge in [0.15, 0.2) is 0 Å². The predicted molar refractivity (Wildman–Crippen MR) is 44.4 cm³/mol. The summed E-state index contributed by atoms with van der Waals surface area (Å²) in [5.74, 6) is 0. The van der Waals surface area contributed by atoms with Crippen LogP contribution in [-0.4, -0.2) is 24.3 Å². The summed E-state index contributed by atoms with van der Waals surface area (Å²) in [4.78, 5) is 0. The standard InChI is InChI=1S/C9H17NO/c11-8-3-1-4-9(8)5-2-6-10-7-9/h8,10-11H,1-7H2/t8-,9-/m1/s1. The first-order chi connectivity index (χ1) is 5.33. The molecule has 1 saturated heterocycles. The molecule has 2 fully saturated rings. The van der Waals surface area contributed by atoms with Crippen LogP contribution >= 0.6 is 0 Å². The molecule has 11 heavy (non-hydrogen) atoms. The molecule has 1 saturated carbocycles. The van der Waals surface area contributed by atoms with Crippen LogP contribution in [0.4, 0.5) is 0 Å². The number of rotatable bonds is 0. The second kappa shape index (κ2) is 2.76. The molecule has 2 nitrogen and oxygen atoms in total. The second-order valence-electron chi connectivity index (χ2n) is 4.05. The van der Waals surface area contributed by atoms with Crippen molar-refractivity contribution in [3.05, 3.63) is 0 Å². The molecule has 2 rings (SSSR count). The van der Waals surface area contributed by atoms with Gasteiger partial charge in [0.2, 0.25) is 0 Å². The average molecular weight is 155 g/mol. The summed E-state index contributed by atoms with van der Waals surface area (Å²) in [6.07, 6.45) is 5.96. The van der Waals surface area contributed by atoms with Crippen LogP contribution in [-0.2, 0) is 0 Å². The van der Waals surface area contributed by atoms with Gasteiger partial charge >= 0.3 is 0 Å².